The van der Waals surface area contributed by atoms with Gasteiger partial charge >= 0.3 is 0 Å². The Morgan fingerprint density at radius 1 is 1.28 bits per heavy atom. The summed E-state index contributed by atoms with van der Waals surface area (Å²) in [7, 11) is 0. The largest absolute Gasteiger partial charge is 0.293 e. The molecule has 0 atom stereocenters. The summed E-state index contributed by atoms with van der Waals surface area (Å²) in [4.78, 5) is 11.9. The zero-order valence-corrected chi connectivity index (χ0v) is 10.4. The second-order valence-corrected chi connectivity index (χ2v) is 4.92. The van der Waals surface area contributed by atoms with Crippen LogP contribution < -0.4 is 0 Å². The number of allylic oxidation sites excluding steroid dienone is 1. The number of nitrogens with zero attached hydrogens (tertiary/aromatic N) is 1. The molecule has 0 saturated carbocycles. The maximum Gasteiger partial charge on any atom is 0.178 e. The van der Waals surface area contributed by atoms with Crippen LogP contribution in [0.25, 0.3) is 6.08 Å². The summed E-state index contributed by atoms with van der Waals surface area (Å²) in [5.41, 5.74) is -0.489. The average Bonchev–Trinajstić information content (AvgIpc) is 2.28. The van der Waals surface area contributed by atoms with E-state index in [4.69, 9.17) is 5.26 Å². The standard InChI is InChI=1S/C14H13F2NO/c1-14(2,3)13(18)10(8-17)6-9-4-5-11(15)12(16)7-9/h4-7H,1-3H3/b10-6+. The van der Waals surface area contributed by atoms with Crippen molar-refractivity contribution in [3.05, 3.63) is 41.0 Å². The third-order valence-electron chi connectivity index (χ3n) is 2.30. The summed E-state index contributed by atoms with van der Waals surface area (Å²) < 4.78 is 25.7. The number of hydrogen-bond donors (Lipinski definition) is 0. The van der Waals surface area contributed by atoms with Crippen molar-refractivity contribution in [1.29, 1.82) is 5.26 Å². The molecule has 0 amide bonds. The van der Waals surface area contributed by atoms with Gasteiger partial charge in [0.15, 0.2) is 17.4 Å². The topological polar surface area (TPSA) is 40.9 Å². The van der Waals surface area contributed by atoms with Crippen molar-refractivity contribution in [2.45, 2.75) is 20.8 Å². The van der Waals surface area contributed by atoms with Crippen molar-refractivity contribution in [1.82, 2.24) is 0 Å². The van der Waals surface area contributed by atoms with E-state index in [1.807, 2.05) is 0 Å². The number of rotatable bonds is 2. The molecule has 1 aromatic carbocycles. The van der Waals surface area contributed by atoms with Crippen LogP contribution in [0.2, 0.25) is 0 Å². The molecule has 0 bridgehead atoms. The Kier molecular flexibility index (Phi) is 3.97. The lowest BCUT2D eigenvalue weighted by atomic mass is 9.86. The Labute approximate surface area is 105 Å². The molecule has 0 aliphatic heterocycles. The van der Waals surface area contributed by atoms with E-state index in [1.165, 1.54) is 12.1 Å². The van der Waals surface area contributed by atoms with E-state index in [0.717, 1.165) is 12.1 Å². The van der Waals surface area contributed by atoms with E-state index in [0.29, 0.717) is 0 Å². The minimum absolute atomic E-state index is 0.0755. The number of hydrogen-bond acceptors (Lipinski definition) is 2. The van der Waals surface area contributed by atoms with Gasteiger partial charge in [-0.1, -0.05) is 26.8 Å². The van der Waals surface area contributed by atoms with Crippen LogP contribution >= 0.6 is 0 Å². The number of halogens is 2. The highest BCUT2D eigenvalue weighted by Gasteiger charge is 2.24. The first-order chi connectivity index (χ1) is 8.25. The summed E-state index contributed by atoms with van der Waals surface area (Å²) in [6.07, 6.45) is 1.26. The van der Waals surface area contributed by atoms with E-state index in [-0.39, 0.29) is 16.9 Å². The smallest absolute Gasteiger partial charge is 0.178 e. The van der Waals surface area contributed by atoms with Crippen molar-refractivity contribution < 1.29 is 13.6 Å². The van der Waals surface area contributed by atoms with Crippen molar-refractivity contribution >= 4 is 11.9 Å². The summed E-state index contributed by atoms with van der Waals surface area (Å²) >= 11 is 0. The van der Waals surface area contributed by atoms with Crippen LogP contribution in [-0.4, -0.2) is 5.78 Å². The Hall–Kier alpha value is -2.02. The summed E-state index contributed by atoms with van der Waals surface area (Å²) in [5.74, 6) is -2.31. The van der Waals surface area contributed by atoms with E-state index in [1.54, 1.807) is 26.8 Å². The first-order valence-corrected chi connectivity index (χ1v) is 5.37. The third kappa shape index (κ3) is 3.24. The fourth-order valence-corrected chi connectivity index (χ4v) is 1.32. The predicted octanol–water partition coefficient (Wildman–Crippen LogP) is 3.49. The number of Topliss-reactive ketones (excluding diaryl/α,β-unsaturated/α-hetero) is 1. The molecule has 0 saturated heterocycles. The molecule has 2 nitrogen and oxygen atoms in total. The van der Waals surface area contributed by atoms with Gasteiger partial charge in [-0.2, -0.15) is 5.26 Å². The third-order valence-corrected chi connectivity index (χ3v) is 2.30. The monoisotopic (exact) mass is 249 g/mol. The molecule has 4 heteroatoms. The van der Waals surface area contributed by atoms with Gasteiger partial charge in [-0.05, 0) is 23.8 Å². The number of carbonyl (C=O) groups excluding carboxylic acids is 1. The van der Waals surface area contributed by atoms with Crippen molar-refractivity contribution in [2.24, 2.45) is 5.41 Å². The van der Waals surface area contributed by atoms with Crippen LogP contribution in [0.3, 0.4) is 0 Å². The van der Waals surface area contributed by atoms with Gasteiger partial charge in [0.25, 0.3) is 0 Å². The molecule has 18 heavy (non-hydrogen) atoms. The van der Waals surface area contributed by atoms with Gasteiger partial charge in [0.2, 0.25) is 0 Å². The lowest BCUT2D eigenvalue weighted by molar-refractivity contribution is -0.121. The van der Waals surface area contributed by atoms with E-state index in [2.05, 4.69) is 0 Å². The van der Waals surface area contributed by atoms with E-state index >= 15 is 0 Å². The Morgan fingerprint density at radius 2 is 1.89 bits per heavy atom. The predicted molar refractivity (Wildman–Crippen MR) is 64.4 cm³/mol. The molecule has 0 N–H and O–H groups in total. The first-order valence-electron chi connectivity index (χ1n) is 5.37. The molecule has 1 aromatic rings. The Bertz CT molecular complexity index is 548. The van der Waals surface area contributed by atoms with Crippen LogP contribution in [0.1, 0.15) is 26.3 Å². The highest BCUT2D eigenvalue weighted by Crippen LogP contribution is 2.21. The van der Waals surface area contributed by atoms with Crippen LogP contribution in [0.5, 0.6) is 0 Å². The summed E-state index contributed by atoms with van der Waals surface area (Å²) in [5, 5.41) is 8.94. The zero-order valence-electron chi connectivity index (χ0n) is 10.4. The Morgan fingerprint density at radius 3 is 2.33 bits per heavy atom. The van der Waals surface area contributed by atoms with Gasteiger partial charge in [-0.25, -0.2) is 8.78 Å². The highest BCUT2D eigenvalue weighted by atomic mass is 19.2. The molecule has 0 aliphatic carbocycles. The van der Waals surface area contributed by atoms with Crippen LogP contribution in [-0.2, 0) is 4.79 Å². The number of carbonyl (C=O) groups is 1. The molecular formula is C14H13F2NO. The Balaban J connectivity index is 3.17. The molecule has 0 unspecified atom stereocenters. The zero-order chi connectivity index (χ0) is 13.9. The first kappa shape index (κ1) is 14.0. The molecule has 0 spiro atoms. The van der Waals surface area contributed by atoms with Crippen molar-refractivity contribution in [3.63, 3.8) is 0 Å². The lowest BCUT2D eigenvalue weighted by Crippen LogP contribution is -2.21. The summed E-state index contributed by atoms with van der Waals surface area (Å²) in [6, 6.07) is 5.00. The SMILES string of the molecule is CC(C)(C)C(=O)/C(C#N)=C/c1ccc(F)c(F)c1. The second kappa shape index (κ2) is 5.09. The van der Waals surface area contributed by atoms with Gasteiger partial charge in [0.1, 0.15) is 6.07 Å². The fraction of sp³-hybridized carbons (Fsp3) is 0.286. The maximum absolute atomic E-state index is 13.0. The quantitative estimate of drug-likeness (QED) is 0.594. The minimum atomic E-state index is -1.01. The number of nitriles is 1. The van der Waals surface area contributed by atoms with Crippen LogP contribution in [0.4, 0.5) is 8.78 Å². The molecule has 0 fully saturated rings. The molecular weight excluding hydrogens is 236 g/mol. The molecule has 0 radical (unpaired) electrons. The van der Waals surface area contributed by atoms with Crippen LogP contribution in [0.15, 0.2) is 23.8 Å². The second-order valence-electron chi connectivity index (χ2n) is 4.92. The average molecular weight is 249 g/mol. The molecule has 94 valence electrons. The molecule has 0 aromatic heterocycles. The molecule has 0 heterocycles. The van der Waals surface area contributed by atoms with Gasteiger partial charge in [-0.3, -0.25) is 4.79 Å². The van der Waals surface area contributed by atoms with Gasteiger partial charge in [0, 0.05) is 5.41 Å². The fourth-order valence-electron chi connectivity index (χ4n) is 1.32. The highest BCUT2D eigenvalue weighted by molar-refractivity contribution is 6.06. The van der Waals surface area contributed by atoms with Crippen molar-refractivity contribution in [2.75, 3.05) is 0 Å². The van der Waals surface area contributed by atoms with Crippen molar-refractivity contribution in [3.8, 4) is 6.07 Å². The normalized spacial score (nSPS) is 12.1. The van der Waals surface area contributed by atoms with E-state index in [9.17, 15) is 13.6 Å². The molecule has 1 rings (SSSR count). The van der Waals surface area contributed by atoms with Crippen LogP contribution in [0, 0.1) is 28.4 Å². The van der Waals surface area contributed by atoms with Gasteiger partial charge in [-0.15, -0.1) is 0 Å². The minimum Gasteiger partial charge on any atom is -0.293 e. The van der Waals surface area contributed by atoms with Gasteiger partial charge < -0.3 is 0 Å². The molecule has 0 aliphatic rings. The number of ketones is 1. The number of benzene rings is 1. The maximum atomic E-state index is 13.0. The lowest BCUT2D eigenvalue weighted by Gasteiger charge is -2.15. The summed E-state index contributed by atoms with van der Waals surface area (Å²) in [6.45, 7) is 5.06. The van der Waals surface area contributed by atoms with E-state index < -0.39 is 17.0 Å². The van der Waals surface area contributed by atoms with Gasteiger partial charge in [0.05, 0.1) is 5.57 Å².